The molecule has 1 atom stereocenters. The van der Waals surface area contributed by atoms with E-state index in [1.165, 1.54) is 0 Å². The molecule has 1 aliphatic rings. The highest BCUT2D eigenvalue weighted by Gasteiger charge is 2.37. The fourth-order valence-corrected chi connectivity index (χ4v) is 2.92. The number of hydrogen-bond donors (Lipinski definition) is 0. The third-order valence-electron chi connectivity index (χ3n) is 3.93. The van der Waals surface area contributed by atoms with E-state index in [0.717, 1.165) is 21.6 Å². The van der Waals surface area contributed by atoms with E-state index in [1.807, 2.05) is 54.6 Å². The molecule has 0 aromatic heterocycles. The molecule has 1 unspecified atom stereocenters. The van der Waals surface area contributed by atoms with Gasteiger partial charge in [-0.1, -0.05) is 48.5 Å². The summed E-state index contributed by atoms with van der Waals surface area (Å²) in [5.41, 5.74) is 2.48. The molecule has 3 rings (SSSR count). The Morgan fingerprint density at radius 2 is 1.87 bits per heavy atom. The van der Waals surface area contributed by atoms with Crippen LogP contribution in [0.2, 0.25) is 0 Å². The number of nitroso groups, excluding NO2 is 1. The number of fused-ring (bicyclic) bond motifs is 1. The fourth-order valence-electron chi connectivity index (χ4n) is 2.92. The van der Waals surface area contributed by atoms with Crippen LogP contribution in [-0.2, 0) is 11.3 Å². The Morgan fingerprint density at radius 3 is 2.61 bits per heavy atom. The molecule has 1 heterocycles. The van der Waals surface area contributed by atoms with E-state index in [4.69, 9.17) is 4.74 Å². The lowest BCUT2D eigenvalue weighted by atomic mass is 10.0. The molecule has 5 heteroatoms. The van der Waals surface area contributed by atoms with Crippen LogP contribution >= 0.6 is 0 Å². The molecule has 0 bridgehead atoms. The van der Waals surface area contributed by atoms with Gasteiger partial charge in [-0.3, -0.25) is 4.90 Å². The number of para-hydroxylation sites is 1. The van der Waals surface area contributed by atoms with Crippen LogP contribution in [0.5, 0.6) is 0 Å². The van der Waals surface area contributed by atoms with Crippen molar-refractivity contribution in [3.05, 3.63) is 70.6 Å². The zero-order valence-electron chi connectivity index (χ0n) is 13.0. The molecule has 118 valence electrons. The molecule has 0 fully saturated rings. The topological polar surface area (TPSA) is 49.6 Å². The van der Waals surface area contributed by atoms with Crippen LogP contribution in [0.25, 0.3) is 0 Å². The maximum Gasteiger partial charge on any atom is 0.415 e. The number of nitrogens with zero attached hydrogens (tertiary/aromatic N) is 2. The molecule has 1 amide bonds. The van der Waals surface area contributed by atoms with Crippen molar-refractivity contribution in [3.8, 4) is 0 Å². The van der Waals surface area contributed by atoms with E-state index in [-0.39, 0.29) is 19.1 Å². The number of carbonyl (C=O) groups excluding carboxylic acids is 1. The third-order valence-corrected chi connectivity index (χ3v) is 3.93. The number of rotatable bonds is 2. The van der Waals surface area contributed by atoms with Crippen LogP contribution in [-0.4, -0.2) is 24.0 Å². The summed E-state index contributed by atoms with van der Waals surface area (Å²) in [6.45, 7) is 2.53. The molecule has 2 aromatic rings. The van der Waals surface area contributed by atoms with Crippen molar-refractivity contribution in [2.24, 2.45) is 0 Å². The van der Waals surface area contributed by atoms with E-state index in [9.17, 15) is 9.70 Å². The Balaban J connectivity index is 2.12. The molecule has 0 saturated carbocycles. The summed E-state index contributed by atoms with van der Waals surface area (Å²) < 4.78 is 6.24. The Morgan fingerprint density at radius 1 is 1.17 bits per heavy atom. The van der Waals surface area contributed by atoms with Gasteiger partial charge in [-0.05, 0) is 18.6 Å². The lowest BCUT2D eigenvalue weighted by Gasteiger charge is -2.28. The van der Waals surface area contributed by atoms with Gasteiger partial charge in [-0.2, -0.15) is 0 Å². The second-order valence-electron chi connectivity index (χ2n) is 5.45. The second-order valence-corrected chi connectivity index (χ2v) is 5.45. The third kappa shape index (κ3) is 3.08. The Hall–Kier alpha value is -2.69. The summed E-state index contributed by atoms with van der Waals surface area (Å²) in [5.74, 6) is 0. The average molecular weight is 311 g/mol. The minimum atomic E-state index is -0.427. The highest BCUT2D eigenvalue weighted by Crippen LogP contribution is 2.34. The van der Waals surface area contributed by atoms with Crippen LogP contribution in [0.4, 0.5) is 10.5 Å². The van der Waals surface area contributed by atoms with Crippen molar-refractivity contribution in [1.82, 2.24) is 0 Å². The number of hydrogen-bond acceptors (Lipinski definition) is 3. The second kappa shape index (κ2) is 6.60. The van der Waals surface area contributed by atoms with Gasteiger partial charge in [-0.15, -0.1) is 0 Å². The Bertz CT molecular complexity index is 715. The summed E-state index contributed by atoms with van der Waals surface area (Å²) in [4.78, 5) is 26.5. The monoisotopic (exact) mass is 311 g/mol. The molecule has 5 nitrogen and oxygen atoms in total. The van der Waals surface area contributed by atoms with E-state index >= 15 is 0 Å². The molecule has 1 aliphatic heterocycles. The van der Waals surface area contributed by atoms with Gasteiger partial charge in [0.1, 0.15) is 6.04 Å². The van der Waals surface area contributed by atoms with E-state index < -0.39 is 6.09 Å². The van der Waals surface area contributed by atoms with Gasteiger partial charge in [0.15, 0.2) is 0 Å². The van der Waals surface area contributed by atoms with Crippen LogP contribution in [0.3, 0.4) is 0 Å². The Labute approximate surface area is 135 Å². The van der Waals surface area contributed by atoms with E-state index in [2.05, 4.69) is 0 Å². The number of ether oxygens (including phenoxy) is 1. The molecule has 0 spiro atoms. The first-order chi connectivity index (χ1) is 11.2. The number of carbonyl (C=O) groups is 1. The van der Waals surface area contributed by atoms with Gasteiger partial charge < -0.3 is 4.74 Å². The highest BCUT2D eigenvalue weighted by molar-refractivity contribution is 5.89. The summed E-state index contributed by atoms with van der Waals surface area (Å²) >= 11 is 0. The quantitative estimate of drug-likeness (QED) is 0.795. The minimum Gasteiger partial charge on any atom is -0.449 e. The van der Waals surface area contributed by atoms with Crippen molar-refractivity contribution < 1.29 is 14.3 Å². The van der Waals surface area contributed by atoms with Gasteiger partial charge in [0.2, 0.25) is 13.1 Å². The summed E-state index contributed by atoms with van der Waals surface area (Å²) in [6.07, 6.45) is -0.427. The summed E-state index contributed by atoms with van der Waals surface area (Å²) in [5, 5.41) is 0. The molecular formula is C18H19N2O3+. The number of anilines is 1. The van der Waals surface area contributed by atoms with Crippen LogP contribution < -0.4 is 4.90 Å². The van der Waals surface area contributed by atoms with Crippen LogP contribution in [0, 0.1) is 4.91 Å². The van der Waals surface area contributed by atoms with E-state index in [0.29, 0.717) is 6.61 Å². The molecule has 0 N–H and O–H groups in total. The van der Waals surface area contributed by atoms with E-state index in [1.54, 1.807) is 11.8 Å². The molecular weight excluding hydrogens is 292 g/mol. The van der Waals surface area contributed by atoms with Crippen molar-refractivity contribution in [1.29, 1.82) is 0 Å². The van der Waals surface area contributed by atoms with Crippen molar-refractivity contribution in [2.75, 3.05) is 18.1 Å². The predicted molar refractivity (Wildman–Crippen MR) is 87.3 cm³/mol. The predicted octanol–water partition coefficient (Wildman–Crippen LogP) is 3.68. The molecule has 23 heavy (non-hydrogen) atoms. The summed E-state index contributed by atoms with van der Waals surface area (Å²) in [7, 11) is 0. The summed E-state index contributed by atoms with van der Waals surface area (Å²) in [6, 6.07) is 16.7. The normalized spacial score (nSPS) is 17.3. The lowest BCUT2D eigenvalue weighted by molar-refractivity contribution is -0.565. The maximum atomic E-state index is 12.6. The zero-order chi connectivity index (χ0) is 16.2. The van der Waals surface area contributed by atoms with Crippen molar-refractivity contribution >= 4 is 11.8 Å². The van der Waals surface area contributed by atoms with Crippen LogP contribution in [0.15, 0.2) is 54.6 Å². The standard InChI is InChI=1S/C18H19N2O3/c1-2-23-18(21)20-16-11-7-6-10-15(16)12-19(22)13-17(20)14-8-4-3-5-9-14/h3-11,17H,2,12-13H2,1H3/q+1. The molecule has 0 radical (unpaired) electrons. The smallest absolute Gasteiger partial charge is 0.415 e. The lowest BCUT2D eigenvalue weighted by Crippen LogP contribution is -2.38. The molecule has 0 saturated heterocycles. The first-order valence-electron chi connectivity index (χ1n) is 7.71. The first-order valence-corrected chi connectivity index (χ1v) is 7.71. The zero-order valence-corrected chi connectivity index (χ0v) is 13.0. The maximum absolute atomic E-state index is 12.6. The molecule has 0 aliphatic carbocycles. The van der Waals surface area contributed by atoms with Gasteiger partial charge in [0.25, 0.3) is 0 Å². The fraction of sp³-hybridized carbons (Fsp3) is 0.278. The molecule has 2 aromatic carbocycles. The van der Waals surface area contributed by atoms with Gasteiger partial charge in [0.05, 0.1) is 12.3 Å². The van der Waals surface area contributed by atoms with Crippen molar-refractivity contribution in [3.63, 3.8) is 0 Å². The average Bonchev–Trinajstić information content (AvgIpc) is 2.71. The minimum absolute atomic E-state index is 0.206. The van der Waals surface area contributed by atoms with Crippen LogP contribution in [0.1, 0.15) is 24.1 Å². The van der Waals surface area contributed by atoms with Gasteiger partial charge in [-0.25, -0.2) is 4.79 Å². The number of amides is 1. The number of benzene rings is 2. The largest absolute Gasteiger partial charge is 0.449 e. The highest BCUT2D eigenvalue weighted by atomic mass is 16.6. The van der Waals surface area contributed by atoms with Gasteiger partial charge in [0, 0.05) is 15.2 Å². The van der Waals surface area contributed by atoms with Crippen molar-refractivity contribution in [2.45, 2.75) is 19.5 Å². The SMILES string of the molecule is CCOC(=O)N1c2ccccc2C[N+](=O)CC1c1ccccc1. The van der Waals surface area contributed by atoms with Gasteiger partial charge >= 0.3 is 6.09 Å². The first kappa shape index (κ1) is 15.2. The Kier molecular flexibility index (Phi) is 4.37.